The molecule has 0 fully saturated rings. The second kappa shape index (κ2) is 4.55. The number of sulfone groups is 1. The first kappa shape index (κ1) is 13.6. The van der Waals surface area contributed by atoms with Crippen molar-refractivity contribution in [3.63, 3.8) is 0 Å². The van der Waals surface area contributed by atoms with Gasteiger partial charge >= 0.3 is 5.97 Å². The molecule has 3 rings (SSSR count). The maximum Gasteiger partial charge on any atom is 0.339 e. The summed E-state index contributed by atoms with van der Waals surface area (Å²) in [5.74, 6) is -1.24. The number of anilines is 1. The van der Waals surface area contributed by atoms with Gasteiger partial charge in [0, 0.05) is 18.7 Å². The van der Waals surface area contributed by atoms with E-state index in [9.17, 15) is 18.3 Å². The molecule has 110 valence electrons. The van der Waals surface area contributed by atoms with E-state index in [-0.39, 0.29) is 11.3 Å². The Morgan fingerprint density at radius 2 is 2.24 bits per heavy atom. The molecule has 0 amide bonds. The van der Waals surface area contributed by atoms with Gasteiger partial charge in [-0.3, -0.25) is 4.68 Å². The number of aryl methyl sites for hydroxylation is 1. The Morgan fingerprint density at radius 1 is 1.48 bits per heavy atom. The Balaban J connectivity index is 2.09. The van der Waals surface area contributed by atoms with Crippen LogP contribution >= 0.6 is 0 Å². The van der Waals surface area contributed by atoms with Crippen LogP contribution in [-0.4, -0.2) is 46.1 Å². The van der Waals surface area contributed by atoms with Crippen molar-refractivity contribution in [3.8, 4) is 0 Å². The quantitative estimate of drug-likeness (QED) is 0.843. The molecule has 0 saturated carbocycles. The van der Waals surface area contributed by atoms with Crippen LogP contribution in [0.5, 0.6) is 0 Å². The molecule has 0 aliphatic carbocycles. The van der Waals surface area contributed by atoms with Gasteiger partial charge in [0.15, 0.2) is 15.5 Å². The molecule has 2 aromatic rings. The molecule has 2 aromatic heterocycles. The molecule has 1 aliphatic rings. The number of pyridine rings is 1. The van der Waals surface area contributed by atoms with E-state index in [2.05, 4.69) is 15.4 Å². The first-order valence-electron chi connectivity index (χ1n) is 6.09. The second-order valence-electron chi connectivity index (χ2n) is 4.77. The highest BCUT2D eigenvalue weighted by Gasteiger charge is 2.25. The maximum atomic E-state index is 11.4. The minimum Gasteiger partial charge on any atom is -0.478 e. The molecule has 0 bridgehead atoms. The van der Waals surface area contributed by atoms with Gasteiger partial charge in [-0.2, -0.15) is 5.10 Å². The highest BCUT2D eigenvalue weighted by atomic mass is 32.2. The van der Waals surface area contributed by atoms with E-state index >= 15 is 0 Å². The van der Waals surface area contributed by atoms with E-state index in [1.54, 1.807) is 7.05 Å². The van der Waals surface area contributed by atoms with E-state index < -0.39 is 21.8 Å². The molecular formula is C12H12N4O4S. The van der Waals surface area contributed by atoms with Gasteiger partial charge in [0.25, 0.3) is 0 Å². The average molecular weight is 308 g/mol. The zero-order chi connectivity index (χ0) is 15.2. The number of hydrogen-bond acceptors (Lipinski definition) is 6. The summed E-state index contributed by atoms with van der Waals surface area (Å²) in [6, 6.07) is -0.473. The number of fused-ring (bicyclic) bond motifs is 1. The number of nitrogens with zero attached hydrogens (tertiary/aromatic N) is 3. The predicted octanol–water partition coefficient (Wildman–Crippen LogP) is 0.389. The second-order valence-corrected chi connectivity index (χ2v) is 6.70. The summed E-state index contributed by atoms with van der Waals surface area (Å²) >= 11 is 0. The van der Waals surface area contributed by atoms with E-state index in [4.69, 9.17) is 0 Å². The van der Waals surface area contributed by atoms with Gasteiger partial charge in [-0.1, -0.05) is 6.08 Å². The predicted molar refractivity (Wildman–Crippen MR) is 75.8 cm³/mol. The lowest BCUT2D eigenvalue weighted by Crippen LogP contribution is -2.22. The first-order valence-corrected chi connectivity index (χ1v) is 7.80. The molecule has 21 heavy (non-hydrogen) atoms. The molecule has 3 heterocycles. The van der Waals surface area contributed by atoms with Crippen LogP contribution in [0.15, 0.2) is 23.9 Å². The lowest BCUT2D eigenvalue weighted by atomic mass is 10.1. The van der Waals surface area contributed by atoms with Crippen LogP contribution in [0.3, 0.4) is 0 Å². The third-order valence-corrected chi connectivity index (χ3v) is 4.65. The van der Waals surface area contributed by atoms with Crippen LogP contribution in [0.25, 0.3) is 11.0 Å². The van der Waals surface area contributed by atoms with E-state index in [0.717, 1.165) is 5.41 Å². The molecule has 2 N–H and O–H groups in total. The van der Waals surface area contributed by atoms with E-state index in [1.165, 1.54) is 23.2 Å². The van der Waals surface area contributed by atoms with Crippen LogP contribution in [0.2, 0.25) is 0 Å². The molecule has 8 nitrogen and oxygen atoms in total. The average Bonchev–Trinajstić information content (AvgIpc) is 2.93. The summed E-state index contributed by atoms with van der Waals surface area (Å²) in [7, 11) is -1.53. The highest BCUT2D eigenvalue weighted by Crippen LogP contribution is 2.27. The van der Waals surface area contributed by atoms with Gasteiger partial charge < -0.3 is 10.4 Å². The van der Waals surface area contributed by atoms with Crippen LogP contribution in [0.1, 0.15) is 10.4 Å². The summed E-state index contributed by atoms with van der Waals surface area (Å²) in [6.45, 7) is 0. The van der Waals surface area contributed by atoms with Crippen molar-refractivity contribution in [1.82, 2.24) is 14.8 Å². The Bertz CT molecular complexity index is 869. The highest BCUT2D eigenvalue weighted by molar-refractivity contribution is 7.94. The van der Waals surface area contributed by atoms with Crippen molar-refractivity contribution in [2.45, 2.75) is 6.04 Å². The number of hydrogen-bond donors (Lipinski definition) is 2. The Morgan fingerprint density at radius 3 is 2.86 bits per heavy atom. The molecule has 9 heteroatoms. The van der Waals surface area contributed by atoms with Crippen molar-refractivity contribution in [1.29, 1.82) is 0 Å². The molecular weight excluding hydrogens is 296 g/mol. The molecule has 0 saturated heterocycles. The Labute approximate surface area is 120 Å². The zero-order valence-electron chi connectivity index (χ0n) is 11.0. The number of carbonyl (C=O) groups is 1. The number of rotatable bonds is 3. The number of carboxylic acid groups (broad SMARTS) is 1. The Hall–Kier alpha value is -2.42. The number of nitrogens with one attached hydrogen (secondary N) is 1. The van der Waals surface area contributed by atoms with E-state index in [1.807, 2.05) is 0 Å². The summed E-state index contributed by atoms with van der Waals surface area (Å²) < 4.78 is 24.4. The third kappa shape index (κ3) is 2.35. The van der Waals surface area contributed by atoms with Gasteiger partial charge in [-0.15, -0.1) is 0 Å². The molecule has 1 atom stereocenters. The fourth-order valence-corrected chi connectivity index (χ4v) is 3.50. The standard InChI is InChI=1S/C12H12N4O4S/c1-16-11-8(5-14-16)10(9(4-13-11)12(17)18)15-7-2-3-21(19,20)6-7/h2-5,7H,6H2,1H3,(H,13,15)(H,17,18). The van der Waals surface area contributed by atoms with Gasteiger partial charge in [0.2, 0.25) is 0 Å². The lowest BCUT2D eigenvalue weighted by Gasteiger charge is -2.14. The Kier molecular flexibility index (Phi) is 2.94. The topological polar surface area (TPSA) is 114 Å². The number of carboxylic acids is 1. The minimum absolute atomic E-state index is 0.0202. The summed E-state index contributed by atoms with van der Waals surface area (Å²) in [5.41, 5.74) is 0.827. The van der Waals surface area contributed by atoms with Gasteiger partial charge in [0.1, 0.15) is 5.56 Å². The largest absolute Gasteiger partial charge is 0.478 e. The number of aromatic nitrogens is 3. The minimum atomic E-state index is -3.22. The fraction of sp³-hybridized carbons (Fsp3) is 0.250. The van der Waals surface area contributed by atoms with Crippen molar-refractivity contribution < 1.29 is 18.3 Å². The normalized spacial score (nSPS) is 20.0. The molecule has 0 aromatic carbocycles. The third-order valence-electron chi connectivity index (χ3n) is 3.25. The molecule has 0 radical (unpaired) electrons. The van der Waals surface area contributed by atoms with Crippen molar-refractivity contribution >= 4 is 32.5 Å². The first-order chi connectivity index (χ1) is 9.87. The van der Waals surface area contributed by atoms with Gasteiger partial charge in [-0.25, -0.2) is 18.2 Å². The molecule has 0 spiro atoms. The fourth-order valence-electron chi connectivity index (χ4n) is 2.26. The molecule has 1 aliphatic heterocycles. The summed E-state index contributed by atoms with van der Waals surface area (Å²) in [4.78, 5) is 15.4. The van der Waals surface area contributed by atoms with Gasteiger partial charge in [0.05, 0.1) is 29.1 Å². The number of aromatic carboxylic acids is 1. The van der Waals surface area contributed by atoms with Crippen LogP contribution < -0.4 is 5.32 Å². The van der Waals surface area contributed by atoms with Crippen molar-refractivity contribution in [2.75, 3.05) is 11.1 Å². The van der Waals surface area contributed by atoms with Crippen LogP contribution in [0.4, 0.5) is 5.69 Å². The van der Waals surface area contributed by atoms with Crippen molar-refractivity contribution in [3.05, 3.63) is 29.4 Å². The van der Waals surface area contributed by atoms with Crippen LogP contribution in [0, 0.1) is 0 Å². The summed E-state index contributed by atoms with van der Waals surface area (Å²) in [6.07, 6.45) is 4.25. The monoisotopic (exact) mass is 308 g/mol. The summed E-state index contributed by atoms with van der Waals surface area (Å²) in [5, 5.41) is 17.9. The SMILES string of the molecule is Cn1ncc2c(NC3C=CS(=O)(=O)C3)c(C(=O)O)cnc21. The van der Waals surface area contributed by atoms with Crippen LogP contribution in [-0.2, 0) is 16.9 Å². The molecule has 1 unspecified atom stereocenters. The van der Waals surface area contributed by atoms with Gasteiger partial charge in [-0.05, 0) is 0 Å². The zero-order valence-corrected chi connectivity index (χ0v) is 11.8. The lowest BCUT2D eigenvalue weighted by molar-refractivity contribution is 0.0697. The van der Waals surface area contributed by atoms with E-state index in [0.29, 0.717) is 16.7 Å². The van der Waals surface area contributed by atoms with Crippen molar-refractivity contribution in [2.24, 2.45) is 7.05 Å². The smallest absolute Gasteiger partial charge is 0.339 e. The maximum absolute atomic E-state index is 11.4.